The van der Waals surface area contributed by atoms with Crippen molar-refractivity contribution in [2.75, 3.05) is 5.75 Å². The molecular weight excluding hydrogens is 202 g/mol. The third kappa shape index (κ3) is 4.93. The van der Waals surface area contributed by atoms with Gasteiger partial charge in [-0.05, 0) is 12.3 Å². The van der Waals surface area contributed by atoms with Gasteiger partial charge in [-0.2, -0.15) is 8.42 Å². The minimum atomic E-state index is -3.90. The molecule has 3 N–H and O–H groups in total. The van der Waals surface area contributed by atoms with Crippen LogP contribution >= 0.6 is 0 Å². The van der Waals surface area contributed by atoms with Crippen LogP contribution in [0.5, 0.6) is 0 Å². The molecule has 0 bridgehead atoms. The molecule has 1 aliphatic carbocycles. The van der Waals surface area contributed by atoms with E-state index in [0.29, 0.717) is 5.92 Å². The zero-order valence-corrected chi connectivity index (χ0v) is 9.17. The van der Waals surface area contributed by atoms with Crippen LogP contribution in [0.1, 0.15) is 38.5 Å². The molecular formula is C9H19NO3S. The normalized spacial score (nSPS) is 22.1. The smallest absolute Gasteiger partial charge is 0.266 e. The van der Waals surface area contributed by atoms with Crippen molar-refractivity contribution in [1.29, 1.82) is 0 Å². The minimum absolute atomic E-state index is 0.302. The van der Waals surface area contributed by atoms with E-state index in [-0.39, 0.29) is 5.75 Å². The molecule has 0 heterocycles. The fraction of sp³-hybridized carbons (Fsp3) is 1.00. The second-order valence-corrected chi connectivity index (χ2v) is 5.75. The highest BCUT2D eigenvalue weighted by Gasteiger charge is 2.19. The summed E-state index contributed by atoms with van der Waals surface area (Å²) in [7, 11) is -3.90. The quantitative estimate of drug-likeness (QED) is 0.698. The molecule has 1 saturated carbocycles. The second-order valence-electron chi connectivity index (χ2n) is 4.25. The van der Waals surface area contributed by atoms with Crippen LogP contribution < -0.4 is 5.73 Å². The van der Waals surface area contributed by atoms with Crippen molar-refractivity contribution in [3.8, 4) is 0 Å². The average Bonchev–Trinajstić information content (AvgIpc) is 2.02. The van der Waals surface area contributed by atoms with Gasteiger partial charge >= 0.3 is 0 Å². The van der Waals surface area contributed by atoms with Gasteiger partial charge in [0.1, 0.15) is 0 Å². The molecule has 5 heteroatoms. The molecule has 0 saturated heterocycles. The van der Waals surface area contributed by atoms with Gasteiger partial charge in [-0.15, -0.1) is 0 Å². The lowest BCUT2D eigenvalue weighted by molar-refractivity contribution is 0.322. The van der Waals surface area contributed by atoms with Gasteiger partial charge < -0.3 is 5.73 Å². The third-order valence-electron chi connectivity index (χ3n) is 2.79. The first-order valence-electron chi connectivity index (χ1n) is 5.18. The van der Waals surface area contributed by atoms with E-state index in [2.05, 4.69) is 0 Å². The molecule has 1 fully saturated rings. The number of rotatable bonds is 4. The molecule has 0 aromatic heterocycles. The molecule has 0 aliphatic heterocycles. The van der Waals surface area contributed by atoms with E-state index in [1.807, 2.05) is 0 Å². The fourth-order valence-electron chi connectivity index (χ4n) is 2.19. The Morgan fingerprint density at radius 1 is 1.29 bits per heavy atom. The molecule has 0 amide bonds. The minimum Gasteiger partial charge on any atom is -0.327 e. The average molecular weight is 221 g/mol. The van der Waals surface area contributed by atoms with Crippen LogP contribution in [0.3, 0.4) is 0 Å². The van der Waals surface area contributed by atoms with Crippen LogP contribution in [0.25, 0.3) is 0 Å². The van der Waals surface area contributed by atoms with E-state index in [0.717, 1.165) is 19.3 Å². The Bertz CT molecular complexity index is 257. The molecule has 1 aliphatic rings. The van der Waals surface area contributed by atoms with Gasteiger partial charge in [0.2, 0.25) is 0 Å². The van der Waals surface area contributed by atoms with E-state index in [1.54, 1.807) is 0 Å². The van der Waals surface area contributed by atoms with Gasteiger partial charge in [0.05, 0.1) is 5.75 Å². The summed E-state index contributed by atoms with van der Waals surface area (Å²) in [6.07, 6.45) is 6.76. The van der Waals surface area contributed by atoms with Gasteiger partial charge in [-0.1, -0.05) is 32.1 Å². The molecule has 0 spiro atoms. The van der Waals surface area contributed by atoms with Crippen molar-refractivity contribution in [3.05, 3.63) is 0 Å². The molecule has 1 rings (SSSR count). The van der Waals surface area contributed by atoms with Gasteiger partial charge in [0.25, 0.3) is 10.1 Å². The molecule has 0 radical (unpaired) electrons. The summed E-state index contributed by atoms with van der Waals surface area (Å²) in [5, 5.41) is 0. The van der Waals surface area contributed by atoms with Crippen LogP contribution in [-0.2, 0) is 10.1 Å². The number of hydrogen-bond acceptors (Lipinski definition) is 3. The zero-order chi connectivity index (χ0) is 10.6. The Kier molecular flexibility index (Phi) is 4.34. The lowest BCUT2D eigenvalue weighted by atomic mass is 9.85. The number of nitrogens with two attached hydrogens (primary N) is 1. The van der Waals surface area contributed by atoms with Crippen molar-refractivity contribution < 1.29 is 13.0 Å². The maximum atomic E-state index is 10.6. The predicted octanol–water partition coefficient (Wildman–Crippen LogP) is 1.17. The SMILES string of the molecule is NC(CC1CCCCC1)CS(=O)(=O)O. The van der Waals surface area contributed by atoms with Gasteiger partial charge in [-0.3, -0.25) is 4.55 Å². The molecule has 84 valence electrons. The molecule has 0 aromatic carbocycles. The van der Waals surface area contributed by atoms with Crippen molar-refractivity contribution in [2.24, 2.45) is 11.7 Å². The lowest BCUT2D eigenvalue weighted by Gasteiger charge is -2.23. The van der Waals surface area contributed by atoms with Gasteiger partial charge in [0, 0.05) is 6.04 Å². The fourth-order valence-corrected chi connectivity index (χ4v) is 2.87. The van der Waals surface area contributed by atoms with Crippen LogP contribution in [0.15, 0.2) is 0 Å². The highest BCUT2D eigenvalue weighted by molar-refractivity contribution is 7.85. The van der Waals surface area contributed by atoms with Crippen molar-refractivity contribution in [3.63, 3.8) is 0 Å². The molecule has 14 heavy (non-hydrogen) atoms. The molecule has 1 unspecified atom stereocenters. The summed E-state index contributed by atoms with van der Waals surface area (Å²) in [6, 6.07) is -0.409. The van der Waals surface area contributed by atoms with E-state index in [1.165, 1.54) is 19.3 Å². The Balaban J connectivity index is 2.28. The summed E-state index contributed by atoms with van der Waals surface area (Å²) >= 11 is 0. The Hall–Kier alpha value is -0.130. The zero-order valence-electron chi connectivity index (χ0n) is 8.35. The highest BCUT2D eigenvalue weighted by atomic mass is 32.2. The maximum Gasteiger partial charge on any atom is 0.266 e. The molecule has 0 aromatic rings. The van der Waals surface area contributed by atoms with Crippen molar-refractivity contribution in [1.82, 2.24) is 0 Å². The van der Waals surface area contributed by atoms with Crippen LogP contribution in [-0.4, -0.2) is 24.8 Å². The summed E-state index contributed by atoms with van der Waals surface area (Å²) in [6.45, 7) is 0. The molecule has 1 atom stereocenters. The Labute approximate surface area is 85.6 Å². The standard InChI is InChI=1S/C9H19NO3S/c10-9(7-14(11,12)13)6-8-4-2-1-3-5-8/h8-9H,1-7,10H2,(H,11,12,13). The van der Waals surface area contributed by atoms with Gasteiger partial charge in [0.15, 0.2) is 0 Å². The van der Waals surface area contributed by atoms with E-state index >= 15 is 0 Å². The monoisotopic (exact) mass is 221 g/mol. The highest BCUT2D eigenvalue weighted by Crippen LogP contribution is 2.27. The first kappa shape index (κ1) is 11.9. The van der Waals surface area contributed by atoms with Gasteiger partial charge in [-0.25, -0.2) is 0 Å². The topological polar surface area (TPSA) is 80.4 Å². The first-order valence-corrected chi connectivity index (χ1v) is 6.79. The summed E-state index contributed by atoms with van der Waals surface area (Å²) in [5.74, 6) is 0.254. The van der Waals surface area contributed by atoms with Crippen LogP contribution in [0.2, 0.25) is 0 Å². The Morgan fingerprint density at radius 3 is 2.36 bits per heavy atom. The van der Waals surface area contributed by atoms with Crippen LogP contribution in [0.4, 0.5) is 0 Å². The molecule has 4 nitrogen and oxygen atoms in total. The maximum absolute atomic E-state index is 10.6. The van der Waals surface area contributed by atoms with E-state index < -0.39 is 16.2 Å². The van der Waals surface area contributed by atoms with Crippen LogP contribution in [0, 0.1) is 5.92 Å². The van der Waals surface area contributed by atoms with Crippen molar-refractivity contribution in [2.45, 2.75) is 44.6 Å². The van der Waals surface area contributed by atoms with Crippen molar-refractivity contribution >= 4 is 10.1 Å². The Morgan fingerprint density at radius 2 is 1.86 bits per heavy atom. The lowest BCUT2D eigenvalue weighted by Crippen LogP contribution is -2.32. The second kappa shape index (κ2) is 5.09. The summed E-state index contributed by atoms with van der Waals surface area (Å²) < 4.78 is 29.7. The number of hydrogen-bond donors (Lipinski definition) is 2. The summed E-state index contributed by atoms with van der Waals surface area (Å²) in [4.78, 5) is 0. The third-order valence-corrected chi connectivity index (χ3v) is 3.63. The summed E-state index contributed by atoms with van der Waals surface area (Å²) in [5.41, 5.74) is 5.65. The first-order chi connectivity index (χ1) is 6.47. The largest absolute Gasteiger partial charge is 0.327 e. The predicted molar refractivity (Wildman–Crippen MR) is 55.6 cm³/mol. The van der Waals surface area contributed by atoms with E-state index in [9.17, 15) is 8.42 Å². The van der Waals surface area contributed by atoms with E-state index in [4.69, 9.17) is 10.3 Å².